The van der Waals surface area contributed by atoms with Crippen LogP contribution in [-0.4, -0.2) is 26.1 Å². The van der Waals surface area contributed by atoms with Crippen LogP contribution in [0.4, 0.5) is 8.78 Å². The highest BCUT2D eigenvalue weighted by atomic mass is 19.1. The summed E-state index contributed by atoms with van der Waals surface area (Å²) >= 11 is 0. The SMILES string of the molecule is Cc1cccc(-n2nnc(C(=O)O)c2-c2cc(F)cc(F)c2)c1. The molecular weight excluding hydrogens is 304 g/mol. The average Bonchev–Trinajstić information content (AvgIpc) is 2.91. The van der Waals surface area contributed by atoms with Gasteiger partial charge in [0, 0.05) is 11.6 Å². The van der Waals surface area contributed by atoms with E-state index in [1.807, 2.05) is 13.0 Å². The van der Waals surface area contributed by atoms with Crippen LogP contribution in [0.3, 0.4) is 0 Å². The number of rotatable bonds is 3. The fourth-order valence-electron chi connectivity index (χ4n) is 2.32. The lowest BCUT2D eigenvalue weighted by Gasteiger charge is -2.08. The lowest BCUT2D eigenvalue weighted by molar-refractivity contribution is 0.0691. The highest BCUT2D eigenvalue weighted by Crippen LogP contribution is 2.27. The number of hydrogen-bond donors (Lipinski definition) is 1. The molecule has 1 N–H and O–H groups in total. The van der Waals surface area contributed by atoms with Gasteiger partial charge in [-0.15, -0.1) is 5.10 Å². The normalized spacial score (nSPS) is 10.7. The van der Waals surface area contributed by atoms with Crippen molar-refractivity contribution in [2.75, 3.05) is 0 Å². The van der Waals surface area contributed by atoms with E-state index in [0.29, 0.717) is 11.8 Å². The lowest BCUT2D eigenvalue weighted by Crippen LogP contribution is -2.04. The zero-order valence-corrected chi connectivity index (χ0v) is 12.0. The molecule has 3 rings (SSSR count). The smallest absolute Gasteiger partial charge is 0.358 e. The highest BCUT2D eigenvalue weighted by Gasteiger charge is 2.22. The Kier molecular flexibility index (Phi) is 3.61. The molecule has 0 aliphatic rings. The van der Waals surface area contributed by atoms with E-state index in [1.165, 1.54) is 4.68 Å². The van der Waals surface area contributed by atoms with Gasteiger partial charge in [-0.25, -0.2) is 18.3 Å². The van der Waals surface area contributed by atoms with Crippen LogP contribution in [0.25, 0.3) is 16.9 Å². The third-order valence-electron chi connectivity index (χ3n) is 3.26. The van der Waals surface area contributed by atoms with E-state index in [2.05, 4.69) is 10.3 Å². The van der Waals surface area contributed by atoms with Crippen molar-refractivity contribution < 1.29 is 18.7 Å². The number of hydrogen-bond acceptors (Lipinski definition) is 3. The molecule has 7 heteroatoms. The van der Waals surface area contributed by atoms with Crippen molar-refractivity contribution >= 4 is 5.97 Å². The van der Waals surface area contributed by atoms with Crippen molar-refractivity contribution in [2.24, 2.45) is 0 Å². The van der Waals surface area contributed by atoms with Crippen molar-refractivity contribution in [3.8, 4) is 16.9 Å². The number of carbonyl (C=O) groups is 1. The second kappa shape index (κ2) is 5.60. The van der Waals surface area contributed by atoms with Crippen molar-refractivity contribution in [1.82, 2.24) is 15.0 Å². The predicted molar refractivity (Wildman–Crippen MR) is 78.4 cm³/mol. The van der Waals surface area contributed by atoms with E-state index >= 15 is 0 Å². The Hall–Kier alpha value is -3.09. The minimum Gasteiger partial charge on any atom is -0.476 e. The lowest BCUT2D eigenvalue weighted by atomic mass is 10.1. The molecule has 0 atom stereocenters. The van der Waals surface area contributed by atoms with Gasteiger partial charge >= 0.3 is 5.97 Å². The van der Waals surface area contributed by atoms with Crippen LogP contribution in [-0.2, 0) is 0 Å². The molecule has 3 aromatic rings. The molecule has 116 valence electrons. The fraction of sp³-hybridized carbons (Fsp3) is 0.0625. The fourth-order valence-corrected chi connectivity index (χ4v) is 2.32. The Morgan fingerprint density at radius 1 is 1.13 bits per heavy atom. The molecule has 0 saturated heterocycles. The van der Waals surface area contributed by atoms with Crippen molar-refractivity contribution in [3.63, 3.8) is 0 Å². The molecule has 23 heavy (non-hydrogen) atoms. The van der Waals surface area contributed by atoms with Gasteiger partial charge in [-0.3, -0.25) is 0 Å². The quantitative estimate of drug-likeness (QED) is 0.806. The molecule has 1 aromatic heterocycles. The van der Waals surface area contributed by atoms with Crippen LogP contribution in [0.2, 0.25) is 0 Å². The maximum atomic E-state index is 13.5. The molecule has 0 fully saturated rings. The first kappa shape index (κ1) is 14.8. The van der Waals surface area contributed by atoms with Gasteiger partial charge in [0.15, 0.2) is 5.69 Å². The number of halogens is 2. The second-order valence-corrected chi connectivity index (χ2v) is 5.00. The zero-order valence-electron chi connectivity index (χ0n) is 12.0. The van der Waals surface area contributed by atoms with Crippen molar-refractivity contribution in [1.29, 1.82) is 0 Å². The van der Waals surface area contributed by atoms with Gasteiger partial charge < -0.3 is 5.11 Å². The molecule has 0 spiro atoms. The van der Waals surface area contributed by atoms with Gasteiger partial charge in [-0.2, -0.15) is 0 Å². The summed E-state index contributed by atoms with van der Waals surface area (Å²) < 4.78 is 28.3. The monoisotopic (exact) mass is 315 g/mol. The number of carboxylic acids is 1. The topological polar surface area (TPSA) is 68.0 Å². The Morgan fingerprint density at radius 3 is 2.43 bits per heavy atom. The summed E-state index contributed by atoms with van der Waals surface area (Å²) in [6, 6.07) is 9.89. The van der Waals surface area contributed by atoms with Gasteiger partial charge in [0.25, 0.3) is 0 Å². The molecule has 0 radical (unpaired) electrons. The third kappa shape index (κ3) is 2.80. The standard InChI is InChI=1S/C16H11F2N3O2/c1-9-3-2-4-13(5-9)21-15(14(16(22)23)19-20-21)10-6-11(17)8-12(18)7-10/h2-8H,1H3,(H,22,23). The summed E-state index contributed by atoms with van der Waals surface area (Å²) in [5.41, 5.74) is 1.15. The molecule has 0 aliphatic heterocycles. The minimum absolute atomic E-state index is 0.0153. The van der Waals surface area contributed by atoms with Crippen LogP contribution >= 0.6 is 0 Å². The number of aryl methyl sites for hydroxylation is 1. The van der Waals surface area contributed by atoms with E-state index in [0.717, 1.165) is 17.7 Å². The summed E-state index contributed by atoms with van der Waals surface area (Å²) in [6.45, 7) is 1.86. The molecule has 5 nitrogen and oxygen atoms in total. The summed E-state index contributed by atoms with van der Waals surface area (Å²) in [5, 5.41) is 16.7. The Balaban J connectivity index is 2.29. The number of nitrogens with zero attached hydrogens (tertiary/aromatic N) is 3. The van der Waals surface area contributed by atoms with Gasteiger partial charge in [0.05, 0.1) is 5.69 Å². The second-order valence-electron chi connectivity index (χ2n) is 5.00. The first-order valence-electron chi connectivity index (χ1n) is 6.68. The Bertz CT molecular complexity index is 886. The molecule has 2 aromatic carbocycles. The van der Waals surface area contributed by atoms with Crippen molar-refractivity contribution in [3.05, 3.63) is 65.4 Å². The first-order chi connectivity index (χ1) is 11.0. The van der Waals surface area contributed by atoms with Crippen molar-refractivity contribution in [2.45, 2.75) is 6.92 Å². The van der Waals surface area contributed by atoms with Crippen LogP contribution in [0.5, 0.6) is 0 Å². The number of carboxylic acid groups (broad SMARTS) is 1. The van der Waals surface area contributed by atoms with E-state index in [-0.39, 0.29) is 17.0 Å². The van der Waals surface area contributed by atoms with Crippen LogP contribution in [0.1, 0.15) is 16.1 Å². The maximum Gasteiger partial charge on any atom is 0.358 e. The maximum absolute atomic E-state index is 13.5. The number of aromatic carboxylic acids is 1. The third-order valence-corrected chi connectivity index (χ3v) is 3.26. The highest BCUT2D eigenvalue weighted by molar-refractivity contribution is 5.93. The predicted octanol–water partition coefficient (Wildman–Crippen LogP) is 3.22. The largest absolute Gasteiger partial charge is 0.476 e. The first-order valence-corrected chi connectivity index (χ1v) is 6.68. The van der Waals surface area contributed by atoms with Crippen LogP contribution in [0, 0.1) is 18.6 Å². The summed E-state index contributed by atoms with van der Waals surface area (Å²) in [4.78, 5) is 11.4. The van der Waals surface area contributed by atoms with Crippen LogP contribution < -0.4 is 0 Å². The van der Waals surface area contributed by atoms with Gasteiger partial charge in [-0.05, 0) is 36.8 Å². The minimum atomic E-state index is -1.33. The zero-order chi connectivity index (χ0) is 16.6. The number of aromatic nitrogens is 3. The summed E-state index contributed by atoms with van der Waals surface area (Å²) in [7, 11) is 0. The molecule has 0 amide bonds. The molecule has 0 aliphatic carbocycles. The molecule has 0 saturated carbocycles. The van der Waals surface area contributed by atoms with E-state index in [1.54, 1.807) is 18.2 Å². The number of benzene rings is 2. The molecular formula is C16H11F2N3O2. The average molecular weight is 315 g/mol. The van der Waals surface area contributed by atoms with E-state index < -0.39 is 17.6 Å². The van der Waals surface area contributed by atoms with Gasteiger partial charge in [0.2, 0.25) is 0 Å². The molecule has 0 unspecified atom stereocenters. The van der Waals surface area contributed by atoms with Gasteiger partial charge in [-0.1, -0.05) is 17.3 Å². The molecule has 0 bridgehead atoms. The summed E-state index contributed by atoms with van der Waals surface area (Å²) in [5.74, 6) is -2.95. The van der Waals surface area contributed by atoms with Gasteiger partial charge in [0.1, 0.15) is 17.3 Å². The summed E-state index contributed by atoms with van der Waals surface area (Å²) in [6.07, 6.45) is 0. The Morgan fingerprint density at radius 2 is 1.83 bits per heavy atom. The van der Waals surface area contributed by atoms with Crippen LogP contribution in [0.15, 0.2) is 42.5 Å². The Labute approximate surface area is 129 Å². The molecule has 1 heterocycles. The van der Waals surface area contributed by atoms with E-state index in [9.17, 15) is 18.7 Å². The van der Waals surface area contributed by atoms with E-state index in [4.69, 9.17) is 0 Å².